The molecule has 2 rings (SSSR count). The molecule has 2 heterocycles. The van der Waals surface area contributed by atoms with E-state index < -0.39 is 0 Å². The van der Waals surface area contributed by atoms with E-state index in [1.54, 1.807) is 18.5 Å². The predicted molar refractivity (Wildman–Crippen MR) is 57.6 cm³/mol. The van der Waals surface area contributed by atoms with Gasteiger partial charge in [0.1, 0.15) is 0 Å². The minimum atomic E-state index is 0.878. The minimum absolute atomic E-state index is 0.878. The van der Waals surface area contributed by atoms with Crippen molar-refractivity contribution in [3.63, 3.8) is 0 Å². The Morgan fingerprint density at radius 3 is 2.57 bits per heavy atom. The summed E-state index contributed by atoms with van der Waals surface area (Å²) in [6.07, 6.45) is 5.31. The topological polar surface area (TPSA) is 25.8 Å². The van der Waals surface area contributed by atoms with Crippen LogP contribution in [0.3, 0.4) is 0 Å². The standard InChI is InChI=1S/C12H10N2/c1-2-10-6-5-9-14-12(10)11-7-3-4-8-13-11/h2-9H,1H2. The highest BCUT2D eigenvalue weighted by atomic mass is 14.8. The third-order valence-electron chi connectivity index (χ3n) is 1.97. The Hall–Kier alpha value is -1.96. The van der Waals surface area contributed by atoms with E-state index in [-0.39, 0.29) is 0 Å². The lowest BCUT2D eigenvalue weighted by molar-refractivity contribution is 1.24. The maximum absolute atomic E-state index is 4.29. The summed E-state index contributed by atoms with van der Waals surface area (Å²) in [7, 11) is 0. The van der Waals surface area contributed by atoms with Crippen LogP contribution in [0.2, 0.25) is 0 Å². The largest absolute Gasteiger partial charge is 0.255 e. The molecule has 0 unspecified atom stereocenters. The zero-order chi connectivity index (χ0) is 9.80. The number of pyridine rings is 2. The highest BCUT2D eigenvalue weighted by Crippen LogP contribution is 2.18. The molecule has 2 aromatic rings. The second kappa shape index (κ2) is 3.83. The van der Waals surface area contributed by atoms with Gasteiger partial charge in [-0.2, -0.15) is 0 Å². The van der Waals surface area contributed by atoms with E-state index in [0.29, 0.717) is 0 Å². The van der Waals surface area contributed by atoms with Crippen molar-refractivity contribution < 1.29 is 0 Å². The number of hydrogen-bond acceptors (Lipinski definition) is 2. The van der Waals surface area contributed by atoms with E-state index in [4.69, 9.17) is 0 Å². The zero-order valence-electron chi connectivity index (χ0n) is 7.72. The molecule has 2 nitrogen and oxygen atoms in total. The number of nitrogens with zero attached hydrogens (tertiary/aromatic N) is 2. The fraction of sp³-hybridized carbons (Fsp3) is 0. The molecule has 0 N–H and O–H groups in total. The van der Waals surface area contributed by atoms with Gasteiger partial charge < -0.3 is 0 Å². The second-order valence-electron chi connectivity index (χ2n) is 2.86. The molecule has 14 heavy (non-hydrogen) atoms. The molecule has 0 aliphatic carbocycles. The average molecular weight is 182 g/mol. The van der Waals surface area contributed by atoms with Crippen LogP contribution in [0.15, 0.2) is 49.3 Å². The maximum Gasteiger partial charge on any atom is 0.0958 e. The third-order valence-corrected chi connectivity index (χ3v) is 1.97. The van der Waals surface area contributed by atoms with Gasteiger partial charge in [-0.3, -0.25) is 9.97 Å². The van der Waals surface area contributed by atoms with Gasteiger partial charge in [0.15, 0.2) is 0 Å². The van der Waals surface area contributed by atoms with Crippen LogP contribution in [-0.2, 0) is 0 Å². The van der Waals surface area contributed by atoms with E-state index in [0.717, 1.165) is 17.0 Å². The average Bonchev–Trinajstić information content (AvgIpc) is 2.30. The fourth-order valence-corrected chi connectivity index (χ4v) is 1.30. The van der Waals surface area contributed by atoms with E-state index in [1.807, 2.05) is 30.3 Å². The van der Waals surface area contributed by atoms with Gasteiger partial charge in [-0.05, 0) is 18.2 Å². The Balaban J connectivity index is 2.57. The van der Waals surface area contributed by atoms with Gasteiger partial charge in [0, 0.05) is 18.0 Å². The van der Waals surface area contributed by atoms with Crippen molar-refractivity contribution in [1.29, 1.82) is 0 Å². The summed E-state index contributed by atoms with van der Waals surface area (Å²) in [5.41, 5.74) is 2.76. The number of rotatable bonds is 2. The van der Waals surface area contributed by atoms with Gasteiger partial charge in [-0.25, -0.2) is 0 Å². The summed E-state index contributed by atoms with van der Waals surface area (Å²) in [6.45, 7) is 3.75. The highest BCUT2D eigenvalue weighted by molar-refractivity contribution is 5.68. The van der Waals surface area contributed by atoms with Crippen molar-refractivity contribution in [2.75, 3.05) is 0 Å². The summed E-state index contributed by atoms with van der Waals surface area (Å²) in [5, 5.41) is 0. The molecular formula is C12H10N2. The van der Waals surface area contributed by atoms with Crippen LogP contribution < -0.4 is 0 Å². The number of hydrogen-bond donors (Lipinski definition) is 0. The van der Waals surface area contributed by atoms with Crippen LogP contribution in [0.5, 0.6) is 0 Å². The SMILES string of the molecule is C=Cc1cccnc1-c1ccccn1. The van der Waals surface area contributed by atoms with E-state index in [1.165, 1.54) is 0 Å². The molecule has 0 fully saturated rings. The van der Waals surface area contributed by atoms with E-state index in [2.05, 4.69) is 16.5 Å². The van der Waals surface area contributed by atoms with Crippen LogP contribution in [0.1, 0.15) is 5.56 Å². The molecule has 2 aromatic heterocycles. The molecule has 2 heteroatoms. The summed E-state index contributed by atoms with van der Waals surface area (Å²) >= 11 is 0. The number of aromatic nitrogens is 2. The molecular weight excluding hydrogens is 172 g/mol. The summed E-state index contributed by atoms with van der Waals surface area (Å²) in [5.74, 6) is 0. The normalized spacial score (nSPS) is 9.71. The van der Waals surface area contributed by atoms with Crippen LogP contribution >= 0.6 is 0 Å². The van der Waals surface area contributed by atoms with Gasteiger partial charge >= 0.3 is 0 Å². The van der Waals surface area contributed by atoms with Crippen molar-refractivity contribution in [2.45, 2.75) is 0 Å². The van der Waals surface area contributed by atoms with E-state index >= 15 is 0 Å². The maximum atomic E-state index is 4.29. The first-order valence-electron chi connectivity index (χ1n) is 4.40. The molecule has 0 atom stereocenters. The van der Waals surface area contributed by atoms with Gasteiger partial charge in [-0.1, -0.05) is 24.8 Å². The fourth-order valence-electron chi connectivity index (χ4n) is 1.30. The first kappa shape index (κ1) is 8.63. The Labute approximate surface area is 83.0 Å². The Bertz CT molecular complexity index is 435. The quantitative estimate of drug-likeness (QED) is 0.713. The Kier molecular flexibility index (Phi) is 2.36. The molecule has 0 spiro atoms. The van der Waals surface area contributed by atoms with Crippen LogP contribution in [0.25, 0.3) is 17.5 Å². The minimum Gasteiger partial charge on any atom is -0.255 e. The van der Waals surface area contributed by atoms with Crippen LogP contribution in [-0.4, -0.2) is 9.97 Å². The van der Waals surface area contributed by atoms with Crippen molar-refractivity contribution >= 4 is 6.08 Å². The lowest BCUT2D eigenvalue weighted by atomic mass is 10.1. The van der Waals surface area contributed by atoms with E-state index in [9.17, 15) is 0 Å². The van der Waals surface area contributed by atoms with Gasteiger partial charge in [0.2, 0.25) is 0 Å². The monoisotopic (exact) mass is 182 g/mol. The van der Waals surface area contributed by atoms with Crippen molar-refractivity contribution in [2.24, 2.45) is 0 Å². The highest BCUT2D eigenvalue weighted by Gasteiger charge is 2.02. The van der Waals surface area contributed by atoms with Crippen molar-refractivity contribution in [3.05, 3.63) is 54.9 Å². The van der Waals surface area contributed by atoms with Crippen LogP contribution in [0, 0.1) is 0 Å². The predicted octanol–water partition coefficient (Wildman–Crippen LogP) is 2.79. The molecule has 0 aromatic carbocycles. The molecule has 0 bridgehead atoms. The molecule has 0 aliphatic heterocycles. The second-order valence-corrected chi connectivity index (χ2v) is 2.86. The Morgan fingerprint density at radius 1 is 1.00 bits per heavy atom. The molecule has 0 amide bonds. The molecule has 68 valence electrons. The first-order chi connectivity index (χ1) is 6.92. The van der Waals surface area contributed by atoms with Crippen molar-refractivity contribution in [3.8, 4) is 11.4 Å². The summed E-state index contributed by atoms with van der Waals surface area (Å²) in [4.78, 5) is 8.53. The first-order valence-corrected chi connectivity index (χ1v) is 4.40. The van der Waals surface area contributed by atoms with Gasteiger partial charge in [0.25, 0.3) is 0 Å². The van der Waals surface area contributed by atoms with Gasteiger partial charge in [-0.15, -0.1) is 0 Å². The Morgan fingerprint density at radius 2 is 1.86 bits per heavy atom. The van der Waals surface area contributed by atoms with Gasteiger partial charge in [0.05, 0.1) is 11.4 Å². The smallest absolute Gasteiger partial charge is 0.0958 e. The lowest BCUT2D eigenvalue weighted by Gasteiger charge is -2.02. The zero-order valence-corrected chi connectivity index (χ0v) is 7.72. The van der Waals surface area contributed by atoms with Crippen molar-refractivity contribution in [1.82, 2.24) is 9.97 Å². The van der Waals surface area contributed by atoms with Crippen LogP contribution in [0.4, 0.5) is 0 Å². The third kappa shape index (κ3) is 1.55. The molecule has 0 aliphatic rings. The summed E-state index contributed by atoms with van der Waals surface area (Å²) < 4.78 is 0. The molecule has 0 radical (unpaired) electrons. The summed E-state index contributed by atoms with van der Waals surface area (Å²) in [6, 6.07) is 9.65. The molecule has 0 saturated heterocycles. The lowest BCUT2D eigenvalue weighted by Crippen LogP contribution is -1.89. The molecule has 0 saturated carbocycles.